The first-order chi connectivity index (χ1) is 9.29. The van der Waals surface area contributed by atoms with Gasteiger partial charge in [-0.1, -0.05) is 19.3 Å². The van der Waals surface area contributed by atoms with Crippen molar-refractivity contribution in [2.45, 2.75) is 38.2 Å². The van der Waals surface area contributed by atoms with Crippen molar-refractivity contribution in [1.82, 2.24) is 0 Å². The molecule has 0 amide bonds. The van der Waals surface area contributed by atoms with Crippen LogP contribution in [0.15, 0.2) is 18.2 Å². The number of nitriles is 1. The Morgan fingerprint density at radius 3 is 2.84 bits per heavy atom. The Morgan fingerprint density at radius 1 is 1.32 bits per heavy atom. The van der Waals surface area contributed by atoms with Crippen molar-refractivity contribution in [2.75, 3.05) is 18.5 Å². The highest BCUT2D eigenvalue weighted by atomic mass is 19.1. The first kappa shape index (κ1) is 13.8. The summed E-state index contributed by atoms with van der Waals surface area (Å²) in [6.07, 6.45) is 6.53. The molecule has 0 unspecified atom stereocenters. The highest BCUT2D eigenvalue weighted by molar-refractivity contribution is 5.57. The van der Waals surface area contributed by atoms with E-state index in [9.17, 15) is 4.39 Å². The molecule has 0 aliphatic heterocycles. The van der Waals surface area contributed by atoms with Crippen LogP contribution in [0.3, 0.4) is 0 Å². The van der Waals surface area contributed by atoms with Crippen LogP contribution < -0.4 is 5.32 Å². The van der Waals surface area contributed by atoms with Gasteiger partial charge in [-0.05, 0) is 31.0 Å². The van der Waals surface area contributed by atoms with Crippen molar-refractivity contribution >= 4 is 5.69 Å². The fraction of sp³-hybridized carbons (Fsp3) is 0.533. The predicted molar refractivity (Wildman–Crippen MR) is 72.4 cm³/mol. The van der Waals surface area contributed by atoms with E-state index in [1.54, 1.807) is 6.07 Å². The maximum Gasteiger partial charge on any atom is 0.124 e. The van der Waals surface area contributed by atoms with Gasteiger partial charge in [0.25, 0.3) is 0 Å². The fourth-order valence-electron chi connectivity index (χ4n) is 2.41. The summed E-state index contributed by atoms with van der Waals surface area (Å²) in [5.41, 5.74) is 0.994. The molecule has 19 heavy (non-hydrogen) atoms. The molecule has 1 aromatic carbocycles. The topological polar surface area (TPSA) is 45.0 Å². The molecule has 1 aromatic rings. The Bertz CT molecular complexity index is 450. The molecule has 0 spiro atoms. The van der Waals surface area contributed by atoms with Crippen LogP contribution in [0.5, 0.6) is 0 Å². The third-order valence-corrected chi connectivity index (χ3v) is 3.43. The van der Waals surface area contributed by atoms with E-state index in [4.69, 9.17) is 10.00 Å². The Balaban J connectivity index is 1.75. The molecule has 2 rings (SSSR count). The third-order valence-electron chi connectivity index (χ3n) is 3.43. The maximum atomic E-state index is 13.0. The highest BCUT2D eigenvalue weighted by Gasteiger charge is 2.13. The van der Waals surface area contributed by atoms with Gasteiger partial charge >= 0.3 is 0 Å². The van der Waals surface area contributed by atoms with Crippen LogP contribution in [-0.2, 0) is 4.74 Å². The zero-order chi connectivity index (χ0) is 13.5. The molecule has 0 aromatic heterocycles. The number of nitrogens with zero attached hydrogens (tertiary/aromatic N) is 1. The summed E-state index contributed by atoms with van der Waals surface area (Å²) >= 11 is 0. The quantitative estimate of drug-likeness (QED) is 0.826. The van der Waals surface area contributed by atoms with Crippen LogP contribution >= 0.6 is 0 Å². The SMILES string of the molecule is N#Cc1cc(F)ccc1NCCOC1CCCCC1. The first-order valence-corrected chi connectivity index (χ1v) is 6.85. The van der Waals surface area contributed by atoms with Crippen LogP contribution in [0, 0.1) is 17.1 Å². The molecule has 1 saturated carbocycles. The number of halogens is 1. The largest absolute Gasteiger partial charge is 0.382 e. The molecule has 0 saturated heterocycles. The van der Waals surface area contributed by atoms with Crippen molar-refractivity contribution in [3.8, 4) is 6.07 Å². The van der Waals surface area contributed by atoms with Crippen LogP contribution in [-0.4, -0.2) is 19.3 Å². The number of nitrogens with one attached hydrogen (secondary N) is 1. The van der Waals surface area contributed by atoms with E-state index in [2.05, 4.69) is 5.32 Å². The number of ether oxygens (including phenoxy) is 1. The van der Waals surface area contributed by atoms with Gasteiger partial charge in [-0.2, -0.15) is 5.26 Å². The van der Waals surface area contributed by atoms with Gasteiger partial charge in [0.05, 0.1) is 24.0 Å². The van der Waals surface area contributed by atoms with Gasteiger partial charge in [0.15, 0.2) is 0 Å². The molecule has 1 N–H and O–H groups in total. The summed E-state index contributed by atoms with van der Waals surface area (Å²) in [5.74, 6) is -0.388. The van der Waals surface area contributed by atoms with Gasteiger partial charge in [0, 0.05) is 6.54 Å². The van der Waals surface area contributed by atoms with Gasteiger partial charge in [-0.25, -0.2) is 4.39 Å². The lowest BCUT2D eigenvalue weighted by Gasteiger charge is -2.22. The molecule has 0 atom stereocenters. The van der Waals surface area contributed by atoms with E-state index >= 15 is 0 Å². The Labute approximate surface area is 113 Å². The van der Waals surface area contributed by atoms with Gasteiger partial charge in [0.1, 0.15) is 11.9 Å². The standard InChI is InChI=1S/C15H19FN2O/c16-13-6-7-15(12(10-13)11-17)18-8-9-19-14-4-2-1-3-5-14/h6-7,10,14,18H,1-5,8-9H2. The Hall–Kier alpha value is -1.60. The second kappa shape index (κ2) is 7.10. The summed E-state index contributed by atoms with van der Waals surface area (Å²) < 4.78 is 18.7. The number of hydrogen-bond acceptors (Lipinski definition) is 3. The summed E-state index contributed by atoms with van der Waals surface area (Å²) in [6.45, 7) is 1.25. The average molecular weight is 262 g/mol. The summed E-state index contributed by atoms with van der Waals surface area (Å²) in [6, 6.07) is 6.17. The zero-order valence-corrected chi connectivity index (χ0v) is 11.0. The minimum atomic E-state index is -0.388. The highest BCUT2D eigenvalue weighted by Crippen LogP contribution is 2.20. The van der Waals surface area contributed by atoms with Crippen molar-refractivity contribution in [3.05, 3.63) is 29.6 Å². The maximum absolute atomic E-state index is 13.0. The van der Waals surface area contributed by atoms with Crippen molar-refractivity contribution in [2.24, 2.45) is 0 Å². The van der Waals surface area contributed by atoms with Gasteiger partial charge in [0.2, 0.25) is 0 Å². The molecule has 1 fully saturated rings. The van der Waals surface area contributed by atoms with Crippen molar-refractivity contribution < 1.29 is 9.13 Å². The molecule has 4 heteroatoms. The smallest absolute Gasteiger partial charge is 0.124 e. The van der Waals surface area contributed by atoms with Gasteiger partial charge in [-0.3, -0.25) is 0 Å². The number of hydrogen-bond donors (Lipinski definition) is 1. The van der Waals surface area contributed by atoms with Gasteiger partial charge in [-0.15, -0.1) is 0 Å². The molecule has 3 nitrogen and oxygen atoms in total. The summed E-state index contributed by atoms with van der Waals surface area (Å²) in [5, 5.41) is 12.0. The number of anilines is 1. The van der Waals surface area contributed by atoms with E-state index in [0.717, 1.165) is 12.8 Å². The number of benzene rings is 1. The van der Waals surface area contributed by atoms with Crippen molar-refractivity contribution in [1.29, 1.82) is 5.26 Å². The normalized spacial score (nSPS) is 16.0. The molecule has 1 aliphatic rings. The first-order valence-electron chi connectivity index (χ1n) is 6.85. The minimum absolute atomic E-state index is 0.331. The van der Waals surface area contributed by atoms with Crippen LogP contribution in [0.4, 0.5) is 10.1 Å². The average Bonchev–Trinajstić information content (AvgIpc) is 2.46. The minimum Gasteiger partial charge on any atom is -0.382 e. The molecule has 0 radical (unpaired) electrons. The van der Waals surface area contributed by atoms with E-state index in [1.807, 2.05) is 6.07 Å². The zero-order valence-electron chi connectivity index (χ0n) is 11.0. The van der Waals surface area contributed by atoms with Crippen LogP contribution in [0.2, 0.25) is 0 Å². The Kier molecular flexibility index (Phi) is 5.17. The monoisotopic (exact) mass is 262 g/mol. The molecule has 102 valence electrons. The van der Waals surface area contributed by atoms with E-state index in [-0.39, 0.29) is 5.82 Å². The van der Waals surface area contributed by atoms with Crippen LogP contribution in [0.1, 0.15) is 37.7 Å². The molecular formula is C15H19FN2O. The van der Waals surface area contributed by atoms with Crippen LogP contribution in [0.25, 0.3) is 0 Å². The number of rotatable bonds is 5. The third kappa shape index (κ3) is 4.22. The Morgan fingerprint density at radius 2 is 2.11 bits per heavy atom. The fourth-order valence-corrected chi connectivity index (χ4v) is 2.41. The van der Waals surface area contributed by atoms with Gasteiger partial charge < -0.3 is 10.1 Å². The summed E-state index contributed by atoms with van der Waals surface area (Å²) in [7, 11) is 0. The van der Waals surface area contributed by atoms with Crippen molar-refractivity contribution in [3.63, 3.8) is 0 Å². The lowest BCUT2D eigenvalue weighted by Crippen LogP contribution is -2.20. The van der Waals surface area contributed by atoms with E-state index in [0.29, 0.717) is 30.5 Å². The molecule has 0 bridgehead atoms. The lowest BCUT2D eigenvalue weighted by molar-refractivity contribution is 0.0347. The molecule has 1 aliphatic carbocycles. The second-order valence-corrected chi connectivity index (χ2v) is 4.86. The van der Waals surface area contributed by atoms with E-state index < -0.39 is 0 Å². The lowest BCUT2D eigenvalue weighted by atomic mass is 9.98. The van der Waals surface area contributed by atoms with E-state index in [1.165, 1.54) is 31.4 Å². The molecular weight excluding hydrogens is 243 g/mol. The second-order valence-electron chi connectivity index (χ2n) is 4.86. The molecule has 0 heterocycles. The predicted octanol–water partition coefficient (Wildman–Crippen LogP) is 3.46. The summed E-state index contributed by atoms with van der Waals surface area (Å²) in [4.78, 5) is 0.